The van der Waals surface area contributed by atoms with E-state index in [4.69, 9.17) is 9.47 Å². The minimum Gasteiger partial charge on any atom is -0.476 e. The van der Waals surface area contributed by atoms with Gasteiger partial charge >= 0.3 is 5.97 Å². The Bertz CT molecular complexity index is 1560. The number of aryl methyl sites for hydroxylation is 3. The highest BCUT2D eigenvalue weighted by molar-refractivity contribution is 5.82. The fourth-order valence-corrected chi connectivity index (χ4v) is 6.58. The minimum absolute atomic E-state index is 0.222. The number of aromatic nitrogens is 4. The Labute approximate surface area is 228 Å². The molecule has 8 heteroatoms. The van der Waals surface area contributed by atoms with E-state index in [9.17, 15) is 4.79 Å². The van der Waals surface area contributed by atoms with Crippen molar-refractivity contribution in [1.29, 1.82) is 0 Å². The summed E-state index contributed by atoms with van der Waals surface area (Å²) < 4.78 is 13.1. The molecule has 2 atom stereocenters. The van der Waals surface area contributed by atoms with Crippen LogP contribution in [0, 0.1) is 12.3 Å². The molecule has 2 unspecified atom stereocenters. The summed E-state index contributed by atoms with van der Waals surface area (Å²) in [5.41, 5.74) is 8.06. The van der Waals surface area contributed by atoms with Crippen LogP contribution in [0.25, 0.3) is 11.0 Å². The molecule has 0 bridgehead atoms. The highest BCUT2D eigenvalue weighted by Gasteiger charge is 2.42. The van der Waals surface area contributed by atoms with Crippen LogP contribution in [0.1, 0.15) is 65.6 Å². The highest BCUT2D eigenvalue weighted by atomic mass is 16.5. The van der Waals surface area contributed by atoms with Crippen molar-refractivity contribution in [2.24, 2.45) is 12.5 Å². The van der Waals surface area contributed by atoms with Crippen molar-refractivity contribution in [2.75, 3.05) is 20.3 Å². The summed E-state index contributed by atoms with van der Waals surface area (Å²) in [5.74, 6) is 0.277. The third-order valence-corrected chi connectivity index (χ3v) is 8.65. The Morgan fingerprint density at radius 2 is 2.03 bits per heavy atom. The van der Waals surface area contributed by atoms with Gasteiger partial charge in [0.2, 0.25) is 5.88 Å². The molecule has 0 amide bonds. The van der Waals surface area contributed by atoms with E-state index in [1.54, 1.807) is 10.9 Å². The molecule has 0 radical (unpaired) electrons. The smallest absolute Gasteiger partial charge is 0.312 e. The van der Waals surface area contributed by atoms with Crippen LogP contribution in [0.2, 0.25) is 0 Å². The molecule has 2 aliphatic rings. The number of carbonyl (C=O) groups excluding carboxylic acids is 1. The number of carbonyl (C=O) groups is 1. The quantitative estimate of drug-likeness (QED) is 0.343. The van der Waals surface area contributed by atoms with Gasteiger partial charge in [0.25, 0.3) is 0 Å². The SMILES string of the molecule is COC(=O)C(C)(C)C(c1ccc2c(c1)C(N1CCOc3ncccc3C1)CC2)c1ccc2c(nnn2C)c1C. The lowest BCUT2D eigenvalue weighted by Gasteiger charge is -2.34. The third-order valence-electron chi connectivity index (χ3n) is 8.65. The molecule has 3 heterocycles. The minimum atomic E-state index is -0.807. The Balaban J connectivity index is 1.44. The zero-order chi connectivity index (χ0) is 27.3. The molecule has 0 N–H and O–H groups in total. The van der Waals surface area contributed by atoms with Crippen LogP contribution in [0.5, 0.6) is 5.88 Å². The molecular formula is C31H35N5O3. The van der Waals surface area contributed by atoms with Gasteiger partial charge in [0, 0.05) is 43.9 Å². The first-order valence-corrected chi connectivity index (χ1v) is 13.6. The van der Waals surface area contributed by atoms with Gasteiger partial charge in [0.15, 0.2) is 0 Å². The largest absolute Gasteiger partial charge is 0.476 e. The second-order valence-electron chi connectivity index (χ2n) is 11.3. The number of methoxy groups -OCH3 is 1. The zero-order valence-corrected chi connectivity index (χ0v) is 23.3. The normalized spacial score (nSPS) is 18.2. The van der Waals surface area contributed by atoms with Crippen molar-refractivity contribution in [3.8, 4) is 5.88 Å². The van der Waals surface area contributed by atoms with Gasteiger partial charge in [-0.3, -0.25) is 9.69 Å². The van der Waals surface area contributed by atoms with E-state index in [1.807, 2.05) is 27.0 Å². The summed E-state index contributed by atoms with van der Waals surface area (Å²) in [6, 6.07) is 15.3. The first kappa shape index (κ1) is 25.5. The van der Waals surface area contributed by atoms with E-state index >= 15 is 0 Å². The third kappa shape index (κ3) is 4.27. The van der Waals surface area contributed by atoms with Gasteiger partial charge in [-0.15, -0.1) is 5.10 Å². The maximum Gasteiger partial charge on any atom is 0.312 e. The van der Waals surface area contributed by atoms with Crippen LogP contribution in [0.3, 0.4) is 0 Å². The Morgan fingerprint density at radius 1 is 1.18 bits per heavy atom. The van der Waals surface area contributed by atoms with Crippen molar-refractivity contribution in [3.63, 3.8) is 0 Å². The van der Waals surface area contributed by atoms with Crippen molar-refractivity contribution < 1.29 is 14.3 Å². The molecule has 1 aliphatic carbocycles. The molecule has 4 aromatic rings. The molecule has 8 nitrogen and oxygen atoms in total. The summed E-state index contributed by atoms with van der Waals surface area (Å²) in [4.78, 5) is 20.2. The number of fused-ring (bicyclic) bond motifs is 3. The monoisotopic (exact) mass is 525 g/mol. The van der Waals surface area contributed by atoms with Crippen molar-refractivity contribution in [2.45, 2.75) is 52.1 Å². The maximum atomic E-state index is 13.2. The second kappa shape index (κ2) is 9.75. The number of hydrogen-bond acceptors (Lipinski definition) is 7. The van der Waals surface area contributed by atoms with Crippen LogP contribution in [-0.4, -0.2) is 51.1 Å². The molecule has 39 heavy (non-hydrogen) atoms. The van der Waals surface area contributed by atoms with Crippen molar-refractivity contribution in [1.82, 2.24) is 24.9 Å². The number of pyridine rings is 1. The van der Waals surface area contributed by atoms with E-state index in [-0.39, 0.29) is 17.9 Å². The van der Waals surface area contributed by atoms with Crippen LogP contribution >= 0.6 is 0 Å². The van der Waals surface area contributed by atoms with Gasteiger partial charge in [-0.05, 0) is 73.6 Å². The van der Waals surface area contributed by atoms with Crippen LogP contribution < -0.4 is 4.74 Å². The van der Waals surface area contributed by atoms with E-state index in [0.717, 1.165) is 65.1 Å². The average Bonchev–Trinajstić information content (AvgIpc) is 3.46. The number of ether oxygens (including phenoxy) is 2. The van der Waals surface area contributed by atoms with Gasteiger partial charge in [-0.2, -0.15) is 0 Å². The lowest BCUT2D eigenvalue weighted by atomic mass is 9.69. The van der Waals surface area contributed by atoms with Gasteiger partial charge in [-0.1, -0.05) is 35.5 Å². The fraction of sp³-hybridized carbons (Fsp3) is 0.419. The molecule has 2 aromatic heterocycles. The van der Waals surface area contributed by atoms with Crippen LogP contribution in [0.15, 0.2) is 48.7 Å². The molecule has 2 aromatic carbocycles. The molecule has 6 rings (SSSR count). The summed E-state index contributed by atoms with van der Waals surface area (Å²) in [5, 5.41) is 8.66. The predicted molar refractivity (Wildman–Crippen MR) is 149 cm³/mol. The number of esters is 1. The molecule has 1 aliphatic heterocycles. The predicted octanol–water partition coefficient (Wildman–Crippen LogP) is 4.88. The summed E-state index contributed by atoms with van der Waals surface area (Å²) in [7, 11) is 3.36. The number of rotatable bonds is 5. The van der Waals surface area contributed by atoms with E-state index < -0.39 is 5.41 Å². The van der Waals surface area contributed by atoms with Crippen LogP contribution in [0.4, 0.5) is 0 Å². The standard InChI is InChI=1S/C31H35N5O3/c1-19-23(11-13-26-28(19)33-34-35(26)4)27(31(2,3)30(37)38-5)21-9-8-20-10-12-25(24(20)17-21)36-15-16-39-29-22(18-36)7-6-14-32-29/h6-9,11,13-14,17,25,27H,10,12,15-16,18H2,1-5H3. The average molecular weight is 526 g/mol. The summed E-state index contributed by atoms with van der Waals surface area (Å²) in [6.45, 7) is 8.28. The van der Waals surface area contributed by atoms with Crippen LogP contribution in [-0.2, 0) is 29.5 Å². The van der Waals surface area contributed by atoms with E-state index in [2.05, 4.69) is 63.5 Å². The van der Waals surface area contributed by atoms with E-state index in [0.29, 0.717) is 6.61 Å². The zero-order valence-electron chi connectivity index (χ0n) is 23.3. The summed E-state index contributed by atoms with van der Waals surface area (Å²) >= 11 is 0. The van der Waals surface area contributed by atoms with Gasteiger partial charge < -0.3 is 9.47 Å². The number of nitrogens with zero attached hydrogens (tertiary/aromatic N) is 5. The number of hydrogen-bond donors (Lipinski definition) is 0. The fourth-order valence-electron chi connectivity index (χ4n) is 6.58. The van der Waals surface area contributed by atoms with E-state index in [1.165, 1.54) is 18.2 Å². The molecular weight excluding hydrogens is 490 g/mol. The van der Waals surface area contributed by atoms with Gasteiger partial charge in [0.1, 0.15) is 12.1 Å². The molecule has 0 spiro atoms. The van der Waals surface area contributed by atoms with Crippen molar-refractivity contribution >= 4 is 17.0 Å². The summed E-state index contributed by atoms with van der Waals surface area (Å²) in [6.07, 6.45) is 3.88. The first-order valence-electron chi connectivity index (χ1n) is 13.6. The number of benzene rings is 2. The first-order chi connectivity index (χ1) is 18.8. The lowest BCUT2D eigenvalue weighted by Crippen LogP contribution is -2.34. The topological polar surface area (TPSA) is 82.4 Å². The highest BCUT2D eigenvalue weighted by Crippen LogP contribution is 2.46. The van der Waals surface area contributed by atoms with Crippen molar-refractivity contribution in [3.05, 3.63) is 82.0 Å². The molecule has 0 saturated heterocycles. The molecule has 0 fully saturated rings. The maximum absolute atomic E-state index is 13.2. The lowest BCUT2D eigenvalue weighted by molar-refractivity contribution is -0.151. The Morgan fingerprint density at radius 3 is 2.85 bits per heavy atom. The Kier molecular flexibility index (Phi) is 6.38. The Hall–Kier alpha value is -3.78. The van der Waals surface area contributed by atoms with Gasteiger partial charge in [-0.25, -0.2) is 9.67 Å². The second-order valence-corrected chi connectivity index (χ2v) is 11.3. The molecule has 202 valence electrons. The molecule has 0 saturated carbocycles. The van der Waals surface area contributed by atoms with Gasteiger partial charge in [0.05, 0.1) is 18.0 Å².